The fourth-order valence-corrected chi connectivity index (χ4v) is 1.26. The van der Waals surface area contributed by atoms with Gasteiger partial charge in [0.1, 0.15) is 12.4 Å². The largest absolute Gasteiger partial charge is 0.475 e. The van der Waals surface area contributed by atoms with Gasteiger partial charge in [-0.15, -0.1) is 0 Å². The Morgan fingerprint density at radius 2 is 1.79 bits per heavy atom. The smallest absolute Gasteiger partial charge is 0.416 e. The fourth-order valence-electron chi connectivity index (χ4n) is 1.26. The second-order valence-corrected chi connectivity index (χ2v) is 4.93. The Morgan fingerprint density at radius 1 is 1.16 bits per heavy atom. The minimum atomic E-state index is -4.48. The molecule has 0 spiro atoms. The number of hydrogen-bond donors (Lipinski definition) is 1. The van der Waals surface area contributed by atoms with Crippen LogP contribution in [0.2, 0.25) is 0 Å². The maximum absolute atomic E-state index is 12.5. The molecule has 0 fully saturated rings. The Balaban J connectivity index is 2.62. The van der Waals surface area contributed by atoms with Crippen molar-refractivity contribution in [1.29, 1.82) is 0 Å². The molecule has 1 heterocycles. The molecule has 19 heavy (non-hydrogen) atoms. The van der Waals surface area contributed by atoms with E-state index in [1.807, 2.05) is 20.8 Å². The van der Waals surface area contributed by atoms with Gasteiger partial charge in [0.2, 0.25) is 5.88 Å². The quantitative estimate of drug-likeness (QED) is 0.860. The summed E-state index contributed by atoms with van der Waals surface area (Å²) in [6.45, 7) is 5.96. The molecule has 0 saturated carbocycles. The van der Waals surface area contributed by atoms with Gasteiger partial charge in [-0.2, -0.15) is 18.2 Å². The number of nitrogen functional groups attached to an aromatic ring is 1. The van der Waals surface area contributed by atoms with Crippen LogP contribution in [0.3, 0.4) is 0 Å². The molecule has 0 atom stereocenters. The maximum Gasteiger partial charge on any atom is 0.416 e. The number of nitrogens with two attached hydrogens (primary N) is 1. The summed E-state index contributed by atoms with van der Waals surface area (Å²) in [4.78, 5) is 3.68. The van der Waals surface area contributed by atoms with Gasteiger partial charge in [0.25, 0.3) is 0 Å². The van der Waals surface area contributed by atoms with E-state index in [0.29, 0.717) is 0 Å². The lowest BCUT2D eigenvalue weighted by Gasteiger charge is -2.19. The van der Waals surface area contributed by atoms with Crippen molar-refractivity contribution in [2.24, 2.45) is 0 Å². The SMILES string of the molecule is CC(C)(C)OCCOc1cc(C(F)(F)F)cc(N)n1. The van der Waals surface area contributed by atoms with E-state index in [-0.39, 0.29) is 30.5 Å². The Bertz CT molecular complexity index is 428. The van der Waals surface area contributed by atoms with Gasteiger partial charge in [-0.3, -0.25) is 0 Å². The predicted octanol–water partition coefficient (Wildman–Crippen LogP) is 2.88. The van der Waals surface area contributed by atoms with Crippen molar-refractivity contribution in [2.45, 2.75) is 32.5 Å². The molecule has 7 heteroatoms. The standard InChI is InChI=1S/C12H17F3N2O2/c1-11(2,3)19-5-4-18-10-7-8(12(13,14)15)6-9(16)17-10/h6-7H,4-5H2,1-3H3,(H2,16,17). The highest BCUT2D eigenvalue weighted by Gasteiger charge is 2.31. The molecule has 0 aliphatic heterocycles. The van der Waals surface area contributed by atoms with E-state index >= 15 is 0 Å². The van der Waals surface area contributed by atoms with Crippen LogP contribution in [0.4, 0.5) is 19.0 Å². The number of halogens is 3. The number of rotatable bonds is 4. The van der Waals surface area contributed by atoms with Gasteiger partial charge in [-0.05, 0) is 26.8 Å². The van der Waals surface area contributed by atoms with Gasteiger partial charge in [0.15, 0.2) is 0 Å². The van der Waals surface area contributed by atoms with E-state index in [4.69, 9.17) is 15.2 Å². The van der Waals surface area contributed by atoms with Crippen LogP contribution in [0.5, 0.6) is 5.88 Å². The van der Waals surface area contributed by atoms with Gasteiger partial charge in [0.05, 0.1) is 17.8 Å². The van der Waals surface area contributed by atoms with Crippen LogP contribution in [-0.2, 0) is 10.9 Å². The van der Waals surface area contributed by atoms with Crippen LogP contribution in [0.25, 0.3) is 0 Å². The molecule has 0 aliphatic rings. The molecule has 0 saturated heterocycles. The minimum Gasteiger partial charge on any atom is -0.475 e. The average molecular weight is 278 g/mol. The van der Waals surface area contributed by atoms with Gasteiger partial charge in [0, 0.05) is 6.07 Å². The molecule has 1 aromatic rings. The summed E-state index contributed by atoms with van der Waals surface area (Å²) in [6, 6.07) is 1.58. The lowest BCUT2D eigenvalue weighted by atomic mass is 10.2. The summed E-state index contributed by atoms with van der Waals surface area (Å²) in [5.41, 5.74) is 4.09. The molecular formula is C12H17F3N2O2. The summed E-state index contributed by atoms with van der Waals surface area (Å²) in [5.74, 6) is -0.397. The zero-order chi connectivity index (χ0) is 14.7. The van der Waals surface area contributed by atoms with Crippen molar-refractivity contribution < 1.29 is 22.6 Å². The second kappa shape index (κ2) is 5.64. The number of aromatic nitrogens is 1. The van der Waals surface area contributed by atoms with Crippen molar-refractivity contribution in [3.05, 3.63) is 17.7 Å². The fraction of sp³-hybridized carbons (Fsp3) is 0.583. The lowest BCUT2D eigenvalue weighted by molar-refractivity contribution is -0.137. The average Bonchev–Trinajstić information content (AvgIpc) is 2.21. The third-order valence-electron chi connectivity index (χ3n) is 2.02. The molecule has 0 aromatic carbocycles. The van der Waals surface area contributed by atoms with E-state index in [1.54, 1.807) is 0 Å². The Morgan fingerprint density at radius 3 is 2.32 bits per heavy atom. The molecule has 0 radical (unpaired) electrons. The summed E-state index contributed by atoms with van der Waals surface area (Å²) >= 11 is 0. The normalized spacial score (nSPS) is 12.5. The second-order valence-electron chi connectivity index (χ2n) is 4.93. The molecule has 0 aliphatic carbocycles. The first kappa shape index (κ1) is 15.6. The Labute approximate surface area is 109 Å². The third kappa shape index (κ3) is 5.78. The Kier molecular flexibility index (Phi) is 4.62. The summed E-state index contributed by atoms with van der Waals surface area (Å²) in [5, 5.41) is 0. The molecule has 0 amide bonds. The van der Waals surface area contributed by atoms with E-state index in [1.165, 1.54) is 0 Å². The van der Waals surface area contributed by atoms with E-state index < -0.39 is 11.7 Å². The summed E-state index contributed by atoms with van der Waals surface area (Å²) < 4.78 is 48.1. The summed E-state index contributed by atoms with van der Waals surface area (Å²) in [7, 11) is 0. The molecule has 0 bridgehead atoms. The Hall–Kier alpha value is -1.50. The first-order valence-corrected chi connectivity index (χ1v) is 5.69. The highest BCUT2D eigenvalue weighted by Crippen LogP contribution is 2.31. The molecule has 4 nitrogen and oxygen atoms in total. The minimum absolute atomic E-state index is 0.102. The van der Waals surface area contributed by atoms with Crippen molar-refractivity contribution in [3.63, 3.8) is 0 Å². The summed E-state index contributed by atoms with van der Waals surface area (Å²) in [6.07, 6.45) is -4.48. The van der Waals surface area contributed by atoms with Gasteiger partial charge in [-0.1, -0.05) is 0 Å². The predicted molar refractivity (Wildman–Crippen MR) is 64.9 cm³/mol. The zero-order valence-electron chi connectivity index (χ0n) is 11.0. The van der Waals surface area contributed by atoms with Crippen LogP contribution >= 0.6 is 0 Å². The van der Waals surface area contributed by atoms with Crippen LogP contribution in [0, 0.1) is 0 Å². The maximum atomic E-state index is 12.5. The molecule has 1 aromatic heterocycles. The number of hydrogen-bond acceptors (Lipinski definition) is 4. The monoisotopic (exact) mass is 278 g/mol. The lowest BCUT2D eigenvalue weighted by Crippen LogP contribution is -2.22. The highest BCUT2D eigenvalue weighted by molar-refractivity contribution is 5.38. The van der Waals surface area contributed by atoms with Crippen LogP contribution in [0.15, 0.2) is 12.1 Å². The first-order valence-electron chi connectivity index (χ1n) is 5.69. The van der Waals surface area contributed by atoms with Crippen LogP contribution in [-0.4, -0.2) is 23.8 Å². The molecule has 108 valence electrons. The molecule has 2 N–H and O–H groups in total. The first-order chi connectivity index (χ1) is 8.58. The van der Waals surface area contributed by atoms with Crippen molar-refractivity contribution in [2.75, 3.05) is 18.9 Å². The van der Waals surface area contributed by atoms with Crippen molar-refractivity contribution in [1.82, 2.24) is 4.98 Å². The van der Waals surface area contributed by atoms with E-state index in [2.05, 4.69) is 4.98 Å². The molecular weight excluding hydrogens is 261 g/mol. The van der Waals surface area contributed by atoms with Crippen LogP contribution in [0.1, 0.15) is 26.3 Å². The highest BCUT2D eigenvalue weighted by atomic mass is 19.4. The number of anilines is 1. The third-order valence-corrected chi connectivity index (χ3v) is 2.02. The number of ether oxygens (including phenoxy) is 2. The van der Waals surface area contributed by atoms with Crippen LogP contribution < -0.4 is 10.5 Å². The number of alkyl halides is 3. The van der Waals surface area contributed by atoms with Crippen molar-refractivity contribution in [3.8, 4) is 5.88 Å². The molecule has 1 rings (SSSR count). The topological polar surface area (TPSA) is 57.4 Å². The van der Waals surface area contributed by atoms with Gasteiger partial charge in [-0.25, -0.2) is 0 Å². The number of pyridine rings is 1. The zero-order valence-corrected chi connectivity index (χ0v) is 11.0. The van der Waals surface area contributed by atoms with Crippen molar-refractivity contribution >= 4 is 5.82 Å². The molecule has 0 unspecified atom stereocenters. The van der Waals surface area contributed by atoms with Gasteiger partial charge >= 0.3 is 6.18 Å². The van der Waals surface area contributed by atoms with Gasteiger partial charge < -0.3 is 15.2 Å². The van der Waals surface area contributed by atoms with E-state index in [0.717, 1.165) is 12.1 Å². The van der Waals surface area contributed by atoms with E-state index in [9.17, 15) is 13.2 Å². The number of nitrogens with zero attached hydrogens (tertiary/aromatic N) is 1.